The molecule has 4 aromatic rings. The number of pyridine rings is 1. The van der Waals surface area contributed by atoms with Crippen LogP contribution in [0, 0.1) is 0 Å². The van der Waals surface area contributed by atoms with Gasteiger partial charge in [-0.25, -0.2) is 9.78 Å². The molecule has 0 amide bonds. The minimum Gasteiger partial charge on any atom is -0.497 e. The molecule has 0 aliphatic rings. The lowest BCUT2D eigenvalue weighted by Crippen LogP contribution is -2.03. The molecule has 6 nitrogen and oxygen atoms in total. The Morgan fingerprint density at radius 1 is 0.963 bits per heavy atom. The summed E-state index contributed by atoms with van der Waals surface area (Å²) in [5, 5.41) is 4.67. The Morgan fingerprint density at radius 3 is 2.48 bits per heavy atom. The molecule has 0 bridgehead atoms. The number of fused-ring (bicyclic) bond motifs is 1. The molecule has 0 atom stereocenters. The highest BCUT2D eigenvalue weighted by atomic mass is 16.5. The van der Waals surface area contributed by atoms with Crippen LogP contribution < -0.4 is 4.74 Å². The molecule has 27 heavy (non-hydrogen) atoms. The molecule has 0 fully saturated rings. The predicted molar refractivity (Wildman–Crippen MR) is 101 cm³/mol. The van der Waals surface area contributed by atoms with Gasteiger partial charge < -0.3 is 14.0 Å². The third-order valence-corrected chi connectivity index (χ3v) is 4.26. The lowest BCUT2D eigenvalue weighted by Gasteiger charge is -2.07. The van der Waals surface area contributed by atoms with E-state index in [1.807, 2.05) is 54.6 Å². The largest absolute Gasteiger partial charge is 0.497 e. The molecule has 0 unspecified atom stereocenters. The van der Waals surface area contributed by atoms with Crippen LogP contribution in [0.5, 0.6) is 5.75 Å². The molecule has 0 saturated carbocycles. The second kappa shape index (κ2) is 6.92. The van der Waals surface area contributed by atoms with Crippen molar-refractivity contribution in [1.82, 2.24) is 10.1 Å². The van der Waals surface area contributed by atoms with Crippen molar-refractivity contribution in [2.24, 2.45) is 0 Å². The summed E-state index contributed by atoms with van der Waals surface area (Å²) in [4.78, 5) is 17.0. The Balaban J connectivity index is 1.96. The van der Waals surface area contributed by atoms with Crippen LogP contribution in [0.2, 0.25) is 0 Å². The Hall–Kier alpha value is -3.67. The number of nitrogens with zero attached hydrogens (tertiary/aromatic N) is 2. The van der Waals surface area contributed by atoms with E-state index < -0.39 is 5.97 Å². The summed E-state index contributed by atoms with van der Waals surface area (Å²) in [5.41, 5.74) is 3.36. The maximum absolute atomic E-state index is 12.5. The summed E-state index contributed by atoms with van der Waals surface area (Å²) >= 11 is 0. The molecule has 0 aliphatic carbocycles. The number of hydrogen-bond acceptors (Lipinski definition) is 6. The number of carbonyl (C=O) groups excluding carboxylic acids is 1. The van der Waals surface area contributed by atoms with E-state index in [0.717, 1.165) is 11.1 Å². The number of methoxy groups -OCH3 is 2. The zero-order chi connectivity index (χ0) is 18.8. The lowest BCUT2D eigenvalue weighted by atomic mass is 10.0. The summed E-state index contributed by atoms with van der Waals surface area (Å²) in [5.74, 6) is 0.212. The zero-order valence-electron chi connectivity index (χ0n) is 14.8. The zero-order valence-corrected chi connectivity index (χ0v) is 14.8. The van der Waals surface area contributed by atoms with Gasteiger partial charge in [0, 0.05) is 11.1 Å². The van der Waals surface area contributed by atoms with Gasteiger partial charge in [0.2, 0.25) is 0 Å². The minimum atomic E-state index is -0.480. The summed E-state index contributed by atoms with van der Waals surface area (Å²) in [7, 11) is 2.94. The van der Waals surface area contributed by atoms with E-state index in [1.165, 1.54) is 7.11 Å². The number of carbonyl (C=O) groups is 1. The van der Waals surface area contributed by atoms with E-state index in [0.29, 0.717) is 28.1 Å². The molecule has 0 radical (unpaired) electrons. The molecule has 2 aromatic carbocycles. The Morgan fingerprint density at radius 2 is 1.74 bits per heavy atom. The van der Waals surface area contributed by atoms with Crippen LogP contribution in [-0.2, 0) is 4.74 Å². The van der Waals surface area contributed by atoms with Gasteiger partial charge in [0.1, 0.15) is 11.4 Å². The number of rotatable bonds is 4. The molecular formula is C21H16N2O4. The van der Waals surface area contributed by atoms with Crippen molar-refractivity contribution >= 4 is 17.1 Å². The average molecular weight is 360 g/mol. The second-order valence-corrected chi connectivity index (χ2v) is 5.86. The number of hydrogen-bond donors (Lipinski definition) is 0. The lowest BCUT2D eigenvalue weighted by molar-refractivity contribution is 0.0603. The van der Waals surface area contributed by atoms with E-state index >= 15 is 0 Å². The first-order valence-electron chi connectivity index (χ1n) is 8.30. The minimum absolute atomic E-state index is 0.273. The molecule has 134 valence electrons. The quantitative estimate of drug-likeness (QED) is 0.504. The van der Waals surface area contributed by atoms with E-state index in [1.54, 1.807) is 13.2 Å². The first-order chi connectivity index (χ1) is 13.2. The first-order valence-corrected chi connectivity index (χ1v) is 8.30. The van der Waals surface area contributed by atoms with E-state index in [4.69, 9.17) is 14.0 Å². The van der Waals surface area contributed by atoms with Crippen LogP contribution in [0.25, 0.3) is 33.6 Å². The van der Waals surface area contributed by atoms with Gasteiger partial charge in [-0.3, -0.25) is 0 Å². The van der Waals surface area contributed by atoms with Crippen LogP contribution in [0.1, 0.15) is 10.4 Å². The van der Waals surface area contributed by atoms with Gasteiger partial charge >= 0.3 is 5.97 Å². The van der Waals surface area contributed by atoms with Crippen LogP contribution in [-0.4, -0.2) is 30.3 Å². The fourth-order valence-electron chi connectivity index (χ4n) is 2.95. The highest BCUT2D eigenvalue weighted by Gasteiger charge is 2.22. The fourth-order valence-corrected chi connectivity index (χ4v) is 2.95. The van der Waals surface area contributed by atoms with Crippen molar-refractivity contribution in [2.75, 3.05) is 14.2 Å². The van der Waals surface area contributed by atoms with Crippen LogP contribution in [0.4, 0.5) is 0 Å². The molecule has 4 rings (SSSR count). The molecule has 0 spiro atoms. The Labute approximate surface area is 155 Å². The number of benzene rings is 2. The summed E-state index contributed by atoms with van der Waals surface area (Å²) in [6.07, 6.45) is 0. The van der Waals surface area contributed by atoms with Gasteiger partial charge in [-0.15, -0.1) is 0 Å². The topological polar surface area (TPSA) is 74.5 Å². The van der Waals surface area contributed by atoms with Crippen molar-refractivity contribution in [3.63, 3.8) is 0 Å². The van der Waals surface area contributed by atoms with Crippen LogP contribution >= 0.6 is 0 Å². The average Bonchev–Trinajstić information content (AvgIpc) is 3.17. The molecule has 0 aliphatic heterocycles. The Kier molecular flexibility index (Phi) is 4.30. The molecular weight excluding hydrogens is 344 g/mol. The van der Waals surface area contributed by atoms with Gasteiger partial charge in [-0.1, -0.05) is 47.6 Å². The van der Waals surface area contributed by atoms with Gasteiger partial charge in [-0.05, 0) is 18.2 Å². The summed E-state index contributed by atoms with van der Waals surface area (Å²) < 4.78 is 15.7. The third-order valence-electron chi connectivity index (χ3n) is 4.26. The SMILES string of the molecule is COC(=O)c1cc(-c2cccc(OC)c2)nc2onc(-c3ccccc3)c12. The second-order valence-electron chi connectivity index (χ2n) is 5.86. The van der Waals surface area contributed by atoms with Crippen molar-refractivity contribution in [3.8, 4) is 28.3 Å². The number of aromatic nitrogens is 2. The molecule has 2 aromatic heterocycles. The normalized spacial score (nSPS) is 10.7. The van der Waals surface area contributed by atoms with E-state index in [-0.39, 0.29) is 5.71 Å². The van der Waals surface area contributed by atoms with Crippen LogP contribution in [0.3, 0.4) is 0 Å². The van der Waals surface area contributed by atoms with Gasteiger partial charge in [0.25, 0.3) is 5.71 Å². The van der Waals surface area contributed by atoms with Crippen molar-refractivity contribution < 1.29 is 18.8 Å². The van der Waals surface area contributed by atoms with Crippen molar-refractivity contribution in [3.05, 3.63) is 66.2 Å². The molecule has 0 saturated heterocycles. The number of ether oxygens (including phenoxy) is 2. The monoisotopic (exact) mass is 360 g/mol. The maximum atomic E-state index is 12.5. The standard InChI is InChI=1S/C21H16N2O4/c1-25-15-10-6-9-14(11-15)17-12-16(21(24)26-2)18-19(23-27-20(18)22-17)13-7-4-3-5-8-13/h3-12H,1-2H3. The van der Waals surface area contributed by atoms with E-state index in [9.17, 15) is 4.79 Å². The van der Waals surface area contributed by atoms with Crippen molar-refractivity contribution in [1.29, 1.82) is 0 Å². The fraction of sp³-hybridized carbons (Fsp3) is 0.0952. The number of esters is 1. The predicted octanol–water partition coefficient (Wildman–Crippen LogP) is 4.35. The molecule has 6 heteroatoms. The summed E-state index contributed by atoms with van der Waals surface area (Å²) in [6, 6.07) is 18.6. The van der Waals surface area contributed by atoms with Gasteiger partial charge in [0.05, 0.1) is 30.9 Å². The highest BCUT2D eigenvalue weighted by Crippen LogP contribution is 2.33. The van der Waals surface area contributed by atoms with Crippen LogP contribution in [0.15, 0.2) is 65.2 Å². The van der Waals surface area contributed by atoms with Gasteiger partial charge in [0.15, 0.2) is 0 Å². The van der Waals surface area contributed by atoms with Crippen molar-refractivity contribution in [2.45, 2.75) is 0 Å². The van der Waals surface area contributed by atoms with Gasteiger partial charge in [-0.2, -0.15) is 0 Å². The summed E-state index contributed by atoms with van der Waals surface area (Å²) in [6.45, 7) is 0. The molecule has 2 heterocycles. The Bertz CT molecular complexity index is 1120. The third kappa shape index (κ3) is 3.01. The maximum Gasteiger partial charge on any atom is 0.338 e. The first kappa shape index (κ1) is 16.8. The smallest absolute Gasteiger partial charge is 0.338 e. The van der Waals surface area contributed by atoms with E-state index in [2.05, 4.69) is 10.1 Å². The molecule has 0 N–H and O–H groups in total. The highest BCUT2D eigenvalue weighted by molar-refractivity contribution is 6.08.